The van der Waals surface area contributed by atoms with Crippen LogP contribution in [0.4, 0.5) is 0 Å². The van der Waals surface area contributed by atoms with Gasteiger partial charge in [0.1, 0.15) is 0 Å². The molecule has 0 radical (unpaired) electrons. The molecule has 0 aliphatic carbocycles. The van der Waals surface area contributed by atoms with E-state index in [1.807, 2.05) is 0 Å². The Balaban J connectivity index is -0.000000143. The molecule has 0 heterocycles. The number of hydrogen-bond acceptors (Lipinski definition) is 10. The average Bonchev–Trinajstić information content (AvgIpc) is 1.86. The molecular weight excluding hydrogens is 290 g/mol. The van der Waals surface area contributed by atoms with Gasteiger partial charge in [0.25, 0.3) is 0 Å². The summed E-state index contributed by atoms with van der Waals surface area (Å²) < 4.78 is 58.5. The molecule has 0 aliphatic rings. The van der Waals surface area contributed by atoms with Gasteiger partial charge in [-0.1, -0.05) is 0 Å². The van der Waals surface area contributed by atoms with Crippen LogP contribution in [-0.2, 0) is 48.9 Å². The van der Waals surface area contributed by atoms with E-state index in [0.29, 0.717) is 0 Å². The molecule has 0 amide bonds. The van der Waals surface area contributed by atoms with E-state index in [9.17, 15) is 0 Å². The van der Waals surface area contributed by atoms with Crippen LogP contribution in [0, 0.1) is 0 Å². The van der Waals surface area contributed by atoms with Crippen LogP contribution >= 0.6 is 0 Å². The molecule has 13 heavy (non-hydrogen) atoms. The second-order valence-corrected chi connectivity index (χ2v) is 2.90. The van der Waals surface area contributed by atoms with Gasteiger partial charge in [0.05, 0.1) is 0 Å². The topological polar surface area (TPSA) is 173 Å². The van der Waals surface area contributed by atoms with Crippen molar-refractivity contribution in [1.29, 1.82) is 0 Å². The van der Waals surface area contributed by atoms with Crippen molar-refractivity contribution in [2.45, 2.75) is 0 Å². The standard InChI is InChI=1S/2H2O5S.Zn/c2*1-5-6(2,3)4;/h2*1H,(H,2,3,4);/q;;+2/p-2. The molecule has 13 heteroatoms. The Bertz CT molecular complexity index is 249. The molecule has 0 rings (SSSR count). The molecule has 2 N–H and O–H groups in total. The van der Waals surface area contributed by atoms with E-state index in [1.54, 1.807) is 0 Å². The third kappa shape index (κ3) is 32.9. The molecule has 0 aromatic heterocycles. The quantitative estimate of drug-likeness (QED) is 0.188. The molecule has 0 spiro atoms. The fourth-order valence-electron chi connectivity index (χ4n) is 0. The number of rotatable bonds is 2. The molecule has 0 aromatic rings. The summed E-state index contributed by atoms with van der Waals surface area (Å²) in [5, 5.41) is 14.0. The van der Waals surface area contributed by atoms with Gasteiger partial charge in [-0.2, -0.15) is 0 Å². The van der Waals surface area contributed by atoms with Crippen molar-refractivity contribution in [3.8, 4) is 0 Å². The van der Waals surface area contributed by atoms with Gasteiger partial charge in [0.15, 0.2) is 0 Å². The van der Waals surface area contributed by atoms with Crippen LogP contribution in [0.3, 0.4) is 0 Å². The maximum absolute atomic E-state index is 8.97. The van der Waals surface area contributed by atoms with E-state index >= 15 is 0 Å². The van der Waals surface area contributed by atoms with Crippen molar-refractivity contribution in [1.82, 2.24) is 0 Å². The second-order valence-electron chi connectivity index (χ2n) is 0.966. The summed E-state index contributed by atoms with van der Waals surface area (Å²) in [6.45, 7) is 0. The summed E-state index contributed by atoms with van der Waals surface area (Å²) in [5.74, 6) is 0. The van der Waals surface area contributed by atoms with Gasteiger partial charge in [-0.05, 0) is 0 Å². The minimum Gasteiger partial charge on any atom is -0.724 e. The van der Waals surface area contributed by atoms with Gasteiger partial charge >= 0.3 is 19.5 Å². The van der Waals surface area contributed by atoms with Crippen molar-refractivity contribution >= 4 is 20.8 Å². The molecule has 0 atom stereocenters. The van der Waals surface area contributed by atoms with Crippen LogP contribution in [0.2, 0.25) is 0 Å². The van der Waals surface area contributed by atoms with E-state index in [1.165, 1.54) is 0 Å². The van der Waals surface area contributed by atoms with Gasteiger partial charge in [-0.25, -0.2) is 27.4 Å². The Morgan fingerprint density at radius 1 is 0.846 bits per heavy atom. The van der Waals surface area contributed by atoms with Crippen molar-refractivity contribution in [3.05, 3.63) is 0 Å². The van der Waals surface area contributed by atoms with Crippen LogP contribution in [0.5, 0.6) is 0 Å². The van der Waals surface area contributed by atoms with Gasteiger partial charge in [-0.3, -0.25) is 0 Å². The first-order chi connectivity index (χ1) is 5.12. The van der Waals surface area contributed by atoms with Crippen molar-refractivity contribution < 1.29 is 64.6 Å². The van der Waals surface area contributed by atoms with Crippen LogP contribution in [-0.4, -0.2) is 36.5 Å². The zero-order valence-electron chi connectivity index (χ0n) is 5.68. The average molecular weight is 292 g/mol. The van der Waals surface area contributed by atoms with E-state index in [4.69, 9.17) is 36.5 Å². The summed E-state index contributed by atoms with van der Waals surface area (Å²) in [6.07, 6.45) is 0. The maximum atomic E-state index is 8.97. The molecule has 0 bridgehead atoms. The fraction of sp³-hybridized carbons (Fsp3) is 0. The Morgan fingerprint density at radius 2 is 0.923 bits per heavy atom. The molecule has 0 fully saturated rings. The minimum absolute atomic E-state index is 0. The predicted octanol–water partition coefficient (Wildman–Crippen LogP) is -2.13. The third-order valence-corrected chi connectivity index (χ3v) is 0.548. The van der Waals surface area contributed by atoms with Crippen molar-refractivity contribution in [2.75, 3.05) is 0 Å². The van der Waals surface area contributed by atoms with E-state index < -0.39 is 20.8 Å². The van der Waals surface area contributed by atoms with Crippen molar-refractivity contribution in [2.24, 2.45) is 0 Å². The molecule has 0 saturated carbocycles. The smallest absolute Gasteiger partial charge is 0.724 e. The maximum Gasteiger partial charge on any atom is 2.00 e. The largest absolute Gasteiger partial charge is 2.00 e. The van der Waals surface area contributed by atoms with Crippen LogP contribution < -0.4 is 0 Å². The molecule has 10 nitrogen and oxygen atoms in total. The van der Waals surface area contributed by atoms with Crippen LogP contribution in [0.15, 0.2) is 0 Å². The van der Waals surface area contributed by atoms with Crippen LogP contribution in [0.1, 0.15) is 0 Å². The first-order valence-electron chi connectivity index (χ1n) is 1.70. The molecular formula is H2O10S2Zn. The zero-order valence-corrected chi connectivity index (χ0v) is 10.3. The van der Waals surface area contributed by atoms with E-state index in [-0.39, 0.29) is 19.5 Å². The number of hydrogen-bond donors (Lipinski definition) is 2. The van der Waals surface area contributed by atoms with E-state index in [0.717, 1.165) is 0 Å². The fourth-order valence-corrected chi connectivity index (χ4v) is 0. The summed E-state index contributed by atoms with van der Waals surface area (Å²) in [6, 6.07) is 0. The van der Waals surface area contributed by atoms with Crippen LogP contribution in [0.25, 0.3) is 0 Å². The Kier molecular flexibility index (Phi) is 11.2. The predicted molar refractivity (Wildman–Crippen MR) is 26.8 cm³/mol. The Morgan fingerprint density at radius 3 is 0.923 bits per heavy atom. The summed E-state index contributed by atoms with van der Waals surface area (Å²) in [5.41, 5.74) is 0. The van der Waals surface area contributed by atoms with E-state index in [2.05, 4.69) is 8.67 Å². The van der Waals surface area contributed by atoms with Crippen molar-refractivity contribution in [3.63, 3.8) is 0 Å². The first-order valence-corrected chi connectivity index (χ1v) is 4.37. The molecule has 76 valence electrons. The second kappa shape index (κ2) is 7.67. The first kappa shape index (κ1) is 19.0. The monoisotopic (exact) mass is 290 g/mol. The SMILES string of the molecule is O=S(=O)([O-])OO.O=S(=O)([O-])OO.[Zn+2]. The molecule has 0 aliphatic heterocycles. The van der Waals surface area contributed by atoms with Gasteiger partial charge in [-0.15, -0.1) is 8.67 Å². The van der Waals surface area contributed by atoms with Gasteiger partial charge in [0, 0.05) is 0 Å². The molecule has 0 saturated heterocycles. The normalized spacial score (nSPS) is 10.8. The summed E-state index contributed by atoms with van der Waals surface area (Å²) in [7, 11) is -9.71. The Hall–Kier alpha value is 0.283. The Labute approximate surface area is 85.6 Å². The third-order valence-electron chi connectivity index (χ3n) is 0.183. The summed E-state index contributed by atoms with van der Waals surface area (Å²) >= 11 is 0. The summed E-state index contributed by atoms with van der Waals surface area (Å²) in [4.78, 5) is 0. The molecule has 0 unspecified atom stereocenters. The molecule has 0 aromatic carbocycles. The minimum atomic E-state index is -4.86. The van der Waals surface area contributed by atoms with Gasteiger partial charge < -0.3 is 9.11 Å². The zero-order chi connectivity index (χ0) is 10.4. The van der Waals surface area contributed by atoms with Gasteiger partial charge in [0.2, 0.25) is 20.8 Å².